The molecule has 0 aliphatic heterocycles. The van der Waals surface area contributed by atoms with Crippen LogP contribution in [0.25, 0.3) is 0 Å². The van der Waals surface area contributed by atoms with Crippen molar-refractivity contribution in [1.29, 1.82) is 0 Å². The molecule has 0 aromatic heterocycles. The first-order valence-corrected chi connectivity index (χ1v) is 7.76. The van der Waals surface area contributed by atoms with E-state index in [0.717, 1.165) is 24.8 Å². The molecule has 1 aliphatic rings. The number of rotatable bonds is 4. The zero-order chi connectivity index (χ0) is 14.7. The smallest absolute Gasteiger partial charge is 0.227 e. The molecule has 1 saturated carbocycles. The van der Waals surface area contributed by atoms with Gasteiger partial charge in [-0.1, -0.05) is 35.7 Å². The Morgan fingerprint density at radius 2 is 2.10 bits per heavy atom. The van der Waals surface area contributed by atoms with Crippen LogP contribution in [0.3, 0.4) is 0 Å². The summed E-state index contributed by atoms with van der Waals surface area (Å²) in [5.41, 5.74) is 7.01. The molecule has 2 rings (SSSR count). The fourth-order valence-corrected chi connectivity index (χ4v) is 3.05. The van der Waals surface area contributed by atoms with Crippen molar-refractivity contribution in [2.45, 2.75) is 38.8 Å². The van der Waals surface area contributed by atoms with Crippen LogP contribution >= 0.6 is 23.2 Å². The maximum Gasteiger partial charge on any atom is 0.227 e. The second kappa shape index (κ2) is 6.79. The van der Waals surface area contributed by atoms with Crippen molar-refractivity contribution < 1.29 is 4.79 Å². The summed E-state index contributed by atoms with van der Waals surface area (Å²) in [6.45, 7) is 3.20. The third-order valence-electron chi connectivity index (χ3n) is 3.94. The van der Waals surface area contributed by atoms with E-state index < -0.39 is 0 Å². The SMILES string of the molecule is CCN(Cc1ccc(Cl)c(Cl)c1)C(=O)C1CCCC1N. The number of nitrogens with zero attached hydrogens (tertiary/aromatic N) is 1. The first-order valence-electron chi connectivity index (χ1n) is 7.01. The number of amides is 1. The van der Waals surface area contributed by atoms with Crippen molar-refractivity contribution in [3.8, 4) is 0 Å². The number of hydrogen-bond donors (Lipinski definition) is 1. The van der Waals surface area contributed by atoms with Crippen LogP contribution in [0.4, 0.5) is 0 Å². The number of carbonyl (C=O) groups excluding carboxylic acids is 1. The van der Waals surface area contributed by atoms with Gasteiger partial charge in [0.05, 0.1) is 16.0 Å². The number of halogens is 2. The molecule has 2 atom stereocenters. The Hall–Kier alpha value is -0.770. The van der Waals surface area contributed by atoms with Crippen LogP contribution in [-0.2, 0) is 11.3 Å². The second-order valence-corrected chi connectivity index (χ2v) is 6.12. The summed E-state index contributed by atoms with van der Waals surface area (Å²) in [7, 11) is 0. The highest BCUT2D eigenvalue weighted by Crippen LogP contribution is 2.27. The number of hydrogen-bond acceptors (Lipinski definition) is 2. The number of benzene rings is 1. The van der Waals surface area contributed by atoms with E-state index in [-0.39, 0.29) is 17.9 Å². The molecule has 0 bridgehead atoms. The monoisotopic (exact) mass is 314 g/mol. The molecule has 1 amide bonds. The quantitative estimate of drug-likeness (QED) is 0.925. The van der Waals surface area contributed by atoms with Gasteiger partial charge in [-0.05, 0) is 37.5 Å². The molecule has 2 unspecified atom stereocenters. The van der Waals surface area contributed by atoms with Gasteiger partial charge in [-0.3, -0.25) is 4.79 Å². The summed E-state index contributed by atoms with van der Waals surface area (Å²) < 4.78 is 0. The van der Waals surface area contributed by atoms with E-state index in [1.165, 1.54) is 0 Å². The molecule has 20 heavy (non-hydrogen) atoms. The largest absolute Gasteiger partial charge is 0.338 e. The average molecular weight is 315 g/mol. The maximum atomic E-state index is 12.5. The van der Waals surface area contributed by atoms with E-state index in [1.54, 1.807) is 6.07 Å². The van der Waals surface area contributed by atoms with E-state index in [9.17, 15) is 4.79 Å². The normalized spacial score (nSPS) is 22.0. The van der Waals surface area contributed by atoms with Crippen LogP contribution in [0.2, 0.25) is 10.0 Å². The lowest BCUT2D eigenvalue weighted by atomic mass is 10.0. The Labute approximate surface area is 130 Å². The summed E-state index contributed by atoms with van der Waals surface area (Å²) in [5.74, 6) is 0.126. The minimum absolute atomic E-state index is 0.00496. The molecule has 0 heterocycles. The Kier molecular flexibility index (Phi) is 5.30. The van der Waals surface area contributed by atoms with Crippen LogP contribution in [0, 0.1) is 5.92 Å². The van der Waals surface area contributed by atoms with Crippen LogP contribution in [0.5, 0.6) is 0 Å². The Bertz CT molecular complexity index is 493. The number of nitrogens with two attached hydrogens (primary N) is 1. The maximum absolute atomic E-state index is 12.5. The van der Waals surface area contributed by atoms with Gasteiger partial charge in [0, 0.05) is 19.1 Å². The van der Waals surface area contributed by atoms with Gasteiger partial charge in [-0.2, -0.15) is 0 Å². The van der Waals surface area contributed by atoms with Crippen molar-refractivity contribution >= 4 is 29.1 Å². The second-order valence-electron chi connectivity index (χ2n) is 5.30. The fraction of sp³-hybridized carbons (Fsp3) is 0.533. The van der Waals surface area contributed by atoms with Crippen LogP contribution in [0.15, 0.2) is 18.2 Å². The first kappa shape index (κ1) is 15.6. The van der Waals surface area contributed by atoms with E-state index >= 15 is 0 Å². The van der Waals surface area contributed by atoms with Crippen molar-refractivity contribution in [2.75, 3.05) is 6.54 Å². The molecule has 0 spiro atoms. The summed E-state index contributed by atoms with van der Waals surface area (Å²) in [5, 5.41) is 1.05. The summed E-state index contributed by atoms with van der Waals surface area (Å²) in [6, 6.07) is 5.48. The summed E-state index contributed by atoms with van der Waals surface area (Å²) in [6.07, 6.45) is 2.89. The molecule has 3 nitrogen and oxygen atoms in total. The molecule has 1 aliphatic carbocycles. The predicted molar refractivity (Wildman–Crippen MR) is 82.9 cm³/mol. The van der Waals surface area contributed by atoms with Gasteiger partial charge in [0.1, 0.15) is 0 Å². The molecular formula is C15H20Cl2N2O. The standard InChI is InChI=1S/C15H20Cl2N2O/c1-2-19(15(20)11-4-3-5-14(11)18)9-10-6-7-12(16)13(17)8-10/h6-8,11,14H,2-5,9,18H2,1H3. The van der Waals surface area contributed by atoms with E-state index in [0.29, 0.717) is 23.1 Å². The molecule has 110 valence electrons. The van der Waals surface area contributed by atoms with Crippen LogP contribution < -0.4 is 5.73 Å². The van der Waals surface area contributed by atoms with Gasteiger partial charge >= 0.3 is 0 Å². The van der Waals surface area contributed by atoms with Gasteiger partial charge in [0.2, 0.25) is 5.91 Å². The molecular weight excluding hydrogens is 295 g/mol. The van der Waals surface area contributed by atoms with Crippen LogP contribution in [0.1, 0.15) is 31.7 Å². The average Bonchev–Trinajstić information content (AvgIpc) is 2.85. The van der Waals surface area contributed by atoms with E-state index in [1.807, 2.05) is 24.0 Å². The van der Waals surface area contributed by atoms with Crippen molar-refractivity contribution in [1.82, 2.24) is 4.90 Å². The molecule has 1 fully saturated rings. The molecule has 0 radical (unpaired) electrons. The summed E-state index contributed by atoms with van der Waals surface area (Å²) in [4.78, 5) is 14.4. The third-order valence-corrected chi connectivity index (χ3v) is 4.68. The van der Waals surface area contributed by atoms with Gasteiger partial charge in [0.25, 0.3) is 0 Å². The van der Waals surface area contributed by atoms with E-state index in [4.69, 9.17) is 28.9 Å². The third kappa shape index (κ3) is 3.46. The molecule has 5 heteroatoms. The highest BCUT2D eigenvalue weighted by Gasteiger charge is 2.32. The predicted octanol–water partition coefficient (Wildman–Crippen LogP) is 3.47. The lowest BCUT2D eigenvalue weighted by molar-refractivity contribution is -0.136. The van der Waals surface area contributed by atoms with Gasteiger partial charge in [0.15, 0.2) is 0 Å². The van der Waals surface area contributed by atoms with Crippen molar-refractivity contribution in [3.05, 3.63) is 33.8 Å². The van der Waals surface area contributed by atoms with Crippen LogP contribution in [-0.4, -0.2) is 23.4 Å². The van der Waals surface area contributed by atoms with Crippen molar-refractivity contribution in [2.24, 2.45) is 11.7 Å². The zero-order valence-electron chi connectivity index (χ0n) is 11.6. The first-order chi connectivity index (χ1) is 9.52. The minimum Gasteiger partial charge on any atom is -0.338 e. The Morgan fingerprint density at radius 3 is 2.65 bits per heavy atom. The number of carbonyl (C=O) groups is 1. The fourth-order valence-electron chi connectivity index (χ4n) is 2.73. The topological polar surface area (TPSA) is 46.3 Å². The molecule has 1 aromatic carbocycles. The van der Waals surface area contributed by atoms with Gasteiger partial charge < -0.3 is 10.6 Å². The molecule has 1 aromatic rings. The minimum atomic E-state index is -0.0299. The van der Waals surface area contributed by atoms with E-state index in [2.05, 4.69) is 0 Å². The Balaban J connectivity index is 2.08. The lowest BCUT2D eigenvalue weighted by Crippen LogP contribution is -2.41. The Morgan fingerprint density at radius 1 is 1.35 bits per heavy atom. The zero-order valence-corrected chi connectivity index (χ0v) is 13.1. The molecule has 2 N–H and O–H groups in total. The highest BCUT2D eigenvalue weighted by molar-refractivity contribution is 6.42. The van der Waals surface area contributed by atoms with Crippen molar-refractivity contribution in [3.63, 3.8) is 0 Å². The highest BCUT2D eigenvalue weighted by atomic mass is 35.5. The van der Waals surface area contributed by atoms with Gasteiger partial charge in [-0.25, -0.2) is 0 Å². The summed E-state index contributed by atoms with van der Waals surface area (Å²) >= 11 is 11.9. The van der Waals surface area contributed by atoms with Gasteiger partial charge in [-0.15, -0.1) is 0 Å². The molecule has 0 saturated heterocycles. The lowest BCUT2D eigenvalue weighted by Gasteiger charge is -2.26.